The highest BCUT2D eigenvalue weighted by Gasteiger charge is 2.16. The minimum atomic E-state index is -0.120. The van der Waals surface area contributed by atoms with Gasteiger partial charge in [-0.25, -0.2) is 0 Å². The van der Waals surface area contributed by atoms with Gasteiger partial charge in [0.25, 0.3) is 0 Å². The lowest BCUT2D eigenvalue weighted by molar-refractivity contribution is 1.18. The van der Waals surface area contributed by atoms with E-state index in [1.807, 2.05) is 71.6 Å². The summed E-state index contributed by atoms with van der Waals surface area (Å²) in [7, 11) is 0. The van der Waals surface area contributed by atoms with E-state index in [1.54, 1.807) is 0 Å². The van der Waals surface area contributed by atoms with E-state index < -0.39 is 0 Å². The van der Waals surface area contributed by atoms with E-state index in [9.17, 15) is 5.48 Å². The monoisotopic (exact) mass is 794 g/mol. The first kappa shape index (κ1) is 32.6. The molecule has 11 aromatic rings. The largest absolute Gasteiger partial charge is 0.311 e. The first-order valence-corrected chi connectivity index (χ1v) is 20.9. The van der Waals surface area contributed by atoms with Crippen LogP contribution in [0.5, 0.6) is 0 Å². The number of nitrogens with zero attached hydrogens (tertiary/aromatic N) is 2. The average molecular weight is 795 g/mol. The molecule has 0 saturated carbocycles. The van der Waals surface area contributed by atoms with Gasteiger partial charge in [0.15, 0.2) is 0 Å². The van der Waals surface area contributed by atoms with Crippen molar-refractivity contribution in [3.8, 4) is 61.3 Å². The summed E-state index contributed by atoms with van der Waals surface area (Å²) in [6, 6.07) is 78.1. The normalized spacial score (nSPS) is 12.1. The number of hydrogen-bond donors (Lipinski definition) is 0. The molecule has 0 aliphatic rings. The highest BCUT2D eigenvalue weighted by molar-refractivity contribution is 6.09. The summed E-state index contributed by atoms with van der Waals surface area (Å²) in [6.45, 7) is 0. The fourth-order valence-electron chi connectivity index (χ4n) is 8.66. The minimum Gasteiger partial charge on any atom is -0.311 e. The molecule has 0 amide bonds. The predicted molar refractivity (Wildman–Crippen MR) is 263 cm³/mol. The van der Waals surface area contributed by atoms with Gasteiger partial charge in [0.05, 0.1) is 16.5 Å². The van der Waals surface area contributed by atoms with Crippen LogP contribution in [0.15, 0.2) is 255 Å². The van der Waals surface area contributed by atoms with Crippen LogP contribution >= 0.6 is 0 Å². The van der Waals surface area contributed by atoms with Gasteiger partial charge in [0.1, 0.15) is 0 Å². The Morgan fingerprint density at radius 3 is 1.29 bits per heavy atom. The smallest absolute Gasteiger partial charge is 0.0645 e. The lowest BCUT2D eigenvalue weighted by atomic mass is 9.91. The van der Waals surface area contributed by atoms with Crippen LogP contribution in [-0.2, 0) is 0 Å². The number of para-hydroxylation sites is 2. The molecule has 2 nitrogen and oxygen atoms in total. The van der Waals surface area contributed by atoms with Gasteiger partial charge in [0, 0.05) is 33.5 Å². The zero-order valence-electron chi connectivity index (χ0n) is 37.8. The van der Waals surface area contributed by atoms with Crippen LogP contribution in [0.1, 0.15) is 5.48 Å². The molecule has 0 aliphatic heterocycles. The Balaban J connectivity index is 1.01. The molecule has 0 N–H and O–H groups in total. The highest BCUT2D eigenvalue weighted by atomic mass is 15.1. The number of rotatable bonds is 9. The standard InChI is InChI=1S/C60H42N2/c1-4-15-43(16-5-1)44-27-34-51(35-28-44)61(53-38-31-46(32-39-53)50-33-40-55(47-17-6-2-7-18-47)58(42-50)48-19-8-3-9-20-48)52-36-29-45(30-37-52)49-21-14-22-54(41-49)62-59-25-12-10-23-56(59)57-24-11-13-26-60(57)62/h1-42H/i27D,28D,34D,35D. The number of benzene rings is 10. The van der Waals surface area contributed by atoms with E-state index in [2.05, 4.69) is 168 Å². The Bertz CT molecular complexity index is 3470. The molecule has 0 unspecified atom stereocenters. The van der Waals surface area contributed by atoms with Crippen LogP contribution in [0.25, 0.3) is 83.1 Å². The van der Waals surface area contributed by atoms with Crippen molar-refractivity contribution in [2.24, 2.45) is 0 Å². The molecule has 0 spiro atoms. The third-order valence-corrected chi connectivity index (χ3v) is 11.7. The Kier molecular flexibility index (Phi) is 8.47. The van der Waals surface area contributed by atoms with Crippen LogP contribution in [0.2, 0.25) is 0 Å². The summed E-state index contributed by atoms with van der Waals surface area (Å²) in [5.74, 6) is 0. The molecular weight excluding hydrogens is 749 g/mol. The van der Waals surface area contributed by atoms with Crippen molar-refractivity contribution < 1.29 is 5.48 Å². The van der Waals surface area contributed by atoms with E-state index >= 15 is 0 Å². The van der Waals surface area contributed by atoms with Crippen molar-refractivity contribution in [1.82, 2.24) is 4.57 Å². The van der Waals surface area contributed by atoms with Crippen LogP contribution < -0.4 is 4.90 Å². The lowest BCUT2D eigenvalue weighted by Gasteiger charge is -2.26. The molecule has 10 aromatic carbocycles. The molecular formula is C60H42N2. The Morgan fingerprint density at radius 1 is 0.290 bits per heavy atom. The fourth-order valence-corrected chi connectivity index (χ4v) is 8.66. The quantitative estimate of drug-likeness (QED) is 0.141. The Labute approximate surface area is 368 Å². The maximum Gasteiger partial charge on any atom is 0.0645 e. The van der Waals surface area contributed by atoms with Crippen molar-refractivity contribution in [3.63, 3.8) is 0 Å². The summed E-state index contributed by atoms with van der Waals surface area (Å²) in [5, 5.41) is 2.42. The van der Waals surface area contributed by atoms with Crippen molar-refractivity contribution in [2.45, 2.75) is 0 Å². The van der Waals surface area contributed by atoms with E-state index in [4.69, 9.17) is 0 Å². The summed E-state index contributed by atoms with van der Waals surface area (Å²) in [4.78, 5) is 1.85. The van der Waals surface area contributed by atoms with Crippen molar-refractivity contribution >= 4 is 38.9 Å². The molecule has 0 atom stereocenters. The van der Waals surface area contributed by atoms with Crippen molar-refractivity contribution in [2.75, 3.05) is 4.90 Å². The summed E-state index contributed by atoms with van der Waals surface area (Å²) >= 11 is 0. The van der Waals surface area contributed by atoms with Gasteiger partial charge in [-0.1, -0.05) is 188 Å². The number of fused-ring (bicyclic) bond motifs is 3. The zero-order chi connectivity index (χ0) is 44.7. The lowest BCUT2D eigenvalue weighted by Crippen LogP contribution is -2.09. The van der Waals surface area contributed by atoms with Crippen LogP contribution in [0.3, 0.4) is 0 Å². The molecule has 0 radical (unpaired) electrons. The molecule has 62 heavy (non-hydrogen) atoms. The second kappa shape index (κ2) is 16.1. The minimum absolute atomic E-state index is 0.0933. The molecule has 0 saturated heterocycles. The van der Waals surface area contributed by atoms with Gasteiger partial charge in [-0.15, -0.1) is 0 Å². The summed E-state index contributed by atoms with van der Waals surface area (Å²) < 4.78 is 39.8. The number of hydrogen-bond acceptors (Lipinski definition) is 1. The van der Waals surface area contributed by atoms with E-state index in [0.717, 1.165) is 61.2 Å². The third-order valence-electron chi connectivity index (χ3n) is 11.7. The maximum atomic E-state index is 9.47. The molecule has 1 aromatic heterocycles. The number of aromatic nitrogens is 1. The average Bonchev–Trinajstić information content (AvgIpc) is 3.72. The first-order valence-electron chi connectivity index (χ1n) is 22.9. The van der Waals surface area contributed by atoms with Crippen LogP contribution in [-0.4, -0.2) is 4.57 Å². The second-order valence-electron chi connectivity index (χ2n) is 15.4. The molecule has 0 fully saturated rings. The van der Waals surface area contributed by atoms with E-state index in [1.165, 1.54) is 10.8 Å². The SMILES string of the molecule is [2H]c1c([2H])c(N(c2ccc(-c3cccc(-n4c5ccccc5c5ccccc54)c3)cc2)c2ccc(-c3ccc(-c4ccccc4)c(-c4ccccc4)c3)cc2)c([2H])c([2H])c1-c1ccccc1. The van der Waals surface area contributed by atoms with Crippen molar-refractivity contribution in [1.29, 1.82) is 0 Å². The molecule has 0 bridgehead atoms. The predicted octanol–water partition coefficient (Wildman–Crippen LogP) is 16.6. The van der Waals surface area contributed by atoms with Gasteiger partial charge in [-0.3, -0.25) is 0 Å². The maximum absolute atomic E-state index is 9.47. The third kappa shape index (κ3) is 6.94. The highest BCUT2D eigenvalue weighted by Crippen LogP contribution is 2.40. The topological polar surface area (TPSA) is 8.17 Å². The molecule has 2 heteroatoms. The Hall–Kier alpha value is -8.20. The Morgan fingerprint density at radius 2 is 0.726 bits per heavy atom. The van der Waals surface area contributed by atoms with E-state index in [0.29, 0.717) is 16.9 Å². The van der Waals surface area contributed by atoms with Gasteiger partial charge in [-0.2, -0.15) is 0 Å². The van der Waals surface area contributed by atoms with Crippen LogP contribution in [0.4, 0.5) is 17.1 Å². The zero-order valence-corrected chi connectivity index (χ0v) is 33.8. The molecule has 1 heterocycles. The van der Waals surface area contributed by atoms with E-state index in [-0.39, 0.29) is 35.4 Å². The van der Waals surface area contributed by atoms with Gasteiger partial charge in [-0.05, 0) is 122 Å². The van der Waals surface area contributed by atoms with Crippen LogP contribution in [0, 0.1) is 0 Å². The van der Waals surface area contributed by atoms with Gasteiger partial charge < -0.3 is 9.47 Å². The van der Waals surface area contributed by atoms with Gasteiger partial charge in [0.2, 0.25) is 0 Å². The molecule has 292 valence electrons. The fraction of sp³-hybridized carbons (Fsp3) is 0. The second-order valence-corrected chi connectivity index (χ2v) is 15.4. The summed E-state index contributed by atoms with van der Waals surface area (Å²) in [5.41, 5.74) is 14.5. The summed E-state index contributed by atoms with van der Waals surface area (Å²) in [6.07, 6.45) is 0. The first-order chi connectivity index (χ1) is 32.4. The molecule has 11 rings (SSSR count). The van der Waals surface area contributed by atoms with Gasteiger partial charge >= 0.3 is 0 Å². The van der Waals surface area contributed by atoms with Crippen molar-refractivity contribution in [3.05, 3.63) is 255 Å². The molecule has 0 aliphatic carbocycles. The number of anilines is 3.